The van der Waals surface area contributed by atoms with Crippen molar-refractivity contribution in [1.29, 1.82) is 0 Å². The molecule has 1 saturated carbocycles. The lowest BCUT2D eigenvalue weighted by molar-refractivity contribution is -0.133. The first kappa shape index (κ1) is 14.1. The number of amides is 1. The highest BCUT2D eigenvalue weighted by Gasteiger charge is 2.33. The van der Waals surface area contributed by atoms with Gasteiger partial charge >= 0.3 is 0 Å². The van der Waals surface area contributed by atoms with Crippen LogP contribution in [0.1, 0.15) is 45.4 Å². The molecule has 0 saturated heterocycles. The molecule has 1 amide bonds. The second kappa shape index (κ2) is 6.66. The maximum atomic E-state index is 12.2. The molecule has 0 aliphatic heterocycles. The molecule has 96 valence electrons. The van der Waals surface area contributed by atoms with Crippen LogP contribution in [-0.4, -0.2) is 30.4 Å². The summed E-state index contributed by atoms with van der Waals surface area (Å²) >= 11 is 0. The van der Waals surface area contributed by atoms with Crippen LogP contribution in [-0.2, 0) is 4.79 Å². The number of carbonyl (C=O) groups is 1. The minimum absolute atomic E-state index is 0.0390. The fourth-order valence-electron chi connectivity index (χ4n) is 2.67. The van der Waals surface area contributed by atoms with Crippen molar-refractivity contribution in [2.75, 3.05) is 19.6 Å². The Bertz CT molecular complexity index is 287. The number of rotatable bonds is 5. The molecular formula is C14H24N2O. The van der Waals surface area contributed by atoms with Crippen molar-refractivity contribution < 1.29 is 4.79 Å². The fraction of sp³-hybridized carbons (Fsp3) is 0.786. The quantitative estimate of drug-likeness (QED) is 0.739. The van der Waals surface area contributed by atoms with Crippen LogP contribution >= 0.6 is 0 Å². The summed E-state index contributed by atoms with van der Waals surface area (Å²) in [6.45, 7) is 3.68. The van der Waals surface area contributed by atoms with E-state index in [0.717, 1.165) is 12.8 Å². The Hall–Kier alpha value is -1.01. The minimum atomic E-state index is 0.0390. The lowest BCUT2D eigenvalue weighted by atomic mass is 9.71. The van der Waals surface area contributed by atoms with Crippen LogP contribution in [0.2, 0.25) is 0 Å². The van der Waals surface area contributed by atoms with Crippen molar-refractivity contribution in [3.63, 3.8) is 0 Å². The van der Waals surface area contributed by atoms with Gasteiger partial charge in [-0.1, -0.05) is 25.2 Å². The largest absolute Gasteiger partial charge is 0.332 e. The number of nitrogens with two attached hydrogens (primary N) is 1. The Morgan fingerprint density at radius 2 is 2.06 bits per heavy atom. The maximum Gasteiger partial charge on any atom is 0.223 e. The van der Waals surface area contributed by atoms with E-state index in [1.165, 1.54) is 19.3 Å². The van der Waals surface area contributed by atoms with Crippen molar-refractivity contribution in [2.45, 2.75) is 45.4 Å². The molecule has 17 heavy (non-hydrogen) atoms. The fourth-order valence-corrected chi connectivity index (χ4v) is 2.67. The zero-order valence-electron chi connectivity index (χ0n) is 10.9. The first-order chi connectivity index (χ1) is 8.17. The highest BCUT2D eigenvalue weighted by Crippen LogP contribution is 2.38. The summed E-state index contributed by atoms with van der Waals surface area (Å²) in [6, 6.07) is 0. The van der Waals surface area contributed by atoms with E-state index in [4.69, 9.17) is 12.2 Å². The monoisotopic (exact) mass is 236 g/mol. The van der Waals surface area contributed by atoms with Gasteiger partial charge in [0.25, 0.3) is 0 Å². The van der Waals surface area contributed by atoms with Gasteiger partial charge in [-0.05, 0) is 31.7 Å². The molecule has 0 heterocycles. The smallest absolute Gasteiger partial charge is 0.223 e. The lowest BCUT2D eigenvalue weighted by Gasteiger charge is -2.37. The molecule has 0 atom stereocenters. The van der Waals surface area contributed by atoms with E-state index in [1.54, 1.807) is 4.90 Å². The number of nitrogens with zero attached hydrogens (tertiary/aromatic N) is 1. The molecule has 0 radical (unpaired) electrons. The second-order valence-corrected chi connectivity index (χ2v) is 5.05. The molecule has 0 aromatic carbocycles. The van der Waals surface area contributed by atoms with Gasteiger partial charge in [-0.3, -0.25) is 4.79 Å². The van der Waals surface area contributed by atoms with Gasteiger partial charge in [-0.25, -0.2) is 0 Å². The summed E-state index contributed by atoms with van der Waals surface area (Å²) in [6.07, 6.45) is 11.7. The van der Waals surface area contributed by atoms with E-state index in [1.807, 2.05) is 6.92 Å². The van der Waals surface area contributed by atoms with Crippen LogP contribution in [0.25, 0.3) is 0 Å². The van der Waals surface area contributed by atoms with Crippen molar-refractivity contribution in [2.24, 2.45) is 11.1 Å². The van der Waals surface area contributed by atoms with E-state index in [0.29, 0.717) is 26.1 Å². The average Bonchev–Trinajstić information content (AvgIpc) is 2.36. The van der Waals surface area contributed by atoms with Gasteiger partial charge in [0, 0.05) is 13.0 Å². The van der Waals surface area contributed by atoms with Crippen LogP contribution in [0.3, 0.4) is 0 Å². The van der Waals surface area contributed by atoms with Crippen LogP contribution in [0.15, 0.2) is 0 Å². The van der Waals surface area contributed by atoms with E-state index >= 15 is 0 Å². The number of carbonyl (C=O) groups excluding carboxylic acids is 1. The summed E-state index contributed by atoms with van der Waals surface area (Å²) in [5.41, 5.74) is 5.93. The van der Waals surface area contributed by atoms with E-state index in [2.05, 4.69) is 5.92 Å². The highest BCUT2D eigenvalue weighted by atomic mass is 16.2. The minimum Gasteiger partial charge on any atom is -0.332 e. The van der Waals surface area contributed by atoms with Crippen LogP contribution in [0.5, 0.6) is 0 Å². The molecule has 0 bridgehead atoms. The average molecular weight is 236 g/mol. The molecule has 0 aromatic heterocycles. The predicted octanol–water partition coefficient (Wildman–Crippen LogP) is 1.77. The summed E-state index contributed by atoms with van der Waals surface area (Å²) in [7, 11) is 0. The predicted molar refractivity (Wildman–Crippen MR) is 70.3 cm³/mol. The Morgan fingerprint density at radius 1 is 1.41 bits per heavy atom. The van der Waals surface area contributed by atoms with Crippen molar-refractivity contribution in [3.8, 4) is 12.3 Å². The van der Waals surface area contributed by atoms with Crippen molar-refractivity contribution in [1.82, 2.24) is 4.90 Å². The number of terminal acetylenes is 1. The normalized spacial score (nSPS) is 18.4. The Kier molecular flexibility index (Phi) is 5.50. The third-order valence-corrected chi connectivity index (χ3v) is 3.89. The summed E-state index contributed by atoms with van der Waals surface area (Å²) in [5, 5.41) is 0. The number of hydrogen-bond acceptors (Lipinski definition) is 2. The van der Waals surface area contributed by atoms with E-state index in [9.17, 15) is 4.79 Å². The van der Waals surface area contributed by atoms with Crippen LogP contribution in [0.4, 0.5) is 0 Å². The van der Waals surface area contributed by atoms with Gasteiger partial charge in [0.1, 0.15) is 0 Å². The molecule has 1 rings (SSSR count). The molecular weight excluding hydrogens is 212 g/mol. The van der Waals surface area contributed by atoms with Crippen molar-refractivity contribution >= 4 is 5.91 Å². The van der Waals surface area contributed by atoms with Gasteiger partial charge < -0.3 is 10.6 Å². The third kappa shape index (κ3) is 3.74. The van der Waals surface area contributed by atoms with Gasteiger partial charge in [0.15, 0.2) is 0 Å². The highest BCUT2D eigenvalue weighted by molar-refractivity contribution is 5.77. The summed E-state index contributed by atoms with van der Waals surface area (Å²) in [4.78, 5) is 13.9. The van der Waals surface area contributed by atoms with Gasteiger partial charge in [0.2, 0.25) is 5.91 Å². The molecule has 1 aliphatic carbocycles. The summed E-state index contributed by atoms with van der Waals surface area (Å²) < 4.78 is 0. The molecule has 0 unspecified atom stereocenters. The Morgan fingerprint density at radius 3 is 2.53 bits per heavy atom. The Labute approximate surface area is 105 Å². The molecule has 2 N–H and O–H groups in total. The van der Waals surface area contributed by atoms with Crippen LogP contribution < -0.4 is 5.73 Å². The van der Waals surface area contributed by atoms with Gasteiger partial charge in [-0.15, -0.1) is 6.42 Å². The van der Waals surface area contributed by atoms with Gasteiger partial charge in [-0.2, -0.15) is 0 Å². The molecule has 3 nitrogen and oxygen atoms in total. The Balaban J connectivity index is 2.60. The van der Waals surface area contributed by atoms with E-state index < -0.39 is 0 Å². The standard InChI is InChI=1S/C14H24N2O/c1-3-10-16(4-2)13(17)11-14(12-15)8-6-5-7-9-14/h1H,4-12,15H2,2H3. The molecule has 3 heteroatoms. The second-order valence-electron chi connectivity index (χ2n) is 5.05. The molecule has 1 aliphatic rings. The van der Waals surface area contributed by atoms with Crippen LogP contribution in [0, 0.1) is 17.8 Å². The topological polar surface area (TPSA) is 46.3 Å². The first-order valence-electron chi connectivity index (χ1n) is 6.59. The van der Waals surface area contributed by atoms with Gasteiger partial charge in [0.05, 0.1) is 6.54 Å². The zero-order chi connectivity index (χ0) is 12.7. The first-order valence-corrected chi connectivity index (χ1v) is 6.59. The maximum absolute atomic E-state index is 12.2. The SMILES string of the molecule is C#CCN(CC)C(=O)CC1(CN)CCCCC1. The lowest BCUT2D eigenvalue weighted by Crippen LogP contribution is -2.40. The third-order valence-electron chi connectivity index (χ3n) is 3.89. The summed E-state index contributed by atoms with van der Waals surface area (Å²) in [5.74, 6) is 2.71. The molecule has 0 spiro atoms. The molecule has 0 aromatic rings. The van der Waals surface area contributed by atoms with E-state index in [-0.39, 0.29) is 11.3 Å². The number of hydrogen-bond donors (Lipinski definition) is 1. The molecule has 1 fully saturated rings. The van der Waals surface area contributed by atoms with Crippen molar-refractivity contribution in [3.05, 3.63) is 0 Å². The zero-order valence-corrected chi connectivity index (χ0v) is 10.9.